The van der Waals surface area contributed by atoms with Crippen LogP contribution in [0.1, 0.15) is 24.5 Å². The van der Waals surface area contributed by atoms with Crippen molar-refractivity contribution in [2.45, 2.75) is 23.0 Å². The highest BCUT2D eigenvalue weighted by Crippen LogP contribution is 2.42. The minimum atomic E-state index is -3.54. The summed E-state index contributed by atoms with van der Waals surface area (Å²) in [6, 6.07) is 0. The molecule has 4 nitrogen and oxygen atoms in total. The maximum absolute atomic E-state index is 11.0. The van der Waals surface area contributed by atoms with Crippen molar-refractivity contribution in [3.63, 3.8) is 0 Å². The SMILES string of the molecule is NS(=O)(=O)c1scnc1C1CC1. The molecule has 6 heteroatoms. The summed E-state index contributed by atoms with van der Waals surface area (Å²) in [5.74, 6) is 0.338. The van der Waals surface area contributed by atoms with E-state index in [0.29, 0.717) is 11.6 Å². The molecule has 0 amide bonds. The van der Waals surface area contributed by atoms with Gasteiger partial charge in [-0.25, -0.2) is 18.5 Å². The number of sulfonamides is 1. The summed E-state index contributed by atoms with van der Waals surface area (Å²) in [6.45, 7) is 0. The van der Waals surface area contributed by atoms with Gasteiger partial charge in [0.2, 0.25) is 10.0 Å². The summed E-state index contributed by atoms with van der Waals surface area (Å²) >= 11 is 1.10. The Kier molecular flexibility index (Phi) is 1.71. The second-order valence-electron chi connectivity index (χ2n) is 2.84. The molecule has 0 spiro atoms. The molecule has 1 aromatic heterocycles. The summed E-state index contributed by atoms with van der Waals surface area (Å²) in [5.41, 5.74) is 2.20. The minimum absolute atomic E-state index is 0.241. The Morgan fingerprint density at radius 1 is 1.58 bits per heavy atom. The van der Waals surface area contributed by atoms with E-state index in [-0.39, 0.29) is 4.21 Å². The third-order valence-corrected chi connectivity index (χ3v) is 4.13. The lowest BCUT2D eigenvalue weighted by molar-refractivity contribution is 0.598. The molecular weight excluding hydrogens is 196 g/mol. The predicted molar refractivity (Wildman–Crippen MR) is 45.5 cm³/mol. The summed E-state index contributed by atoms with van der Waals surface area (Å²) in [4.78, 5) is 4.00. The summed E-state index contributed by atoms with van der Waals surface area (Å²) in [7, 11) is -3.54. The van der Waals surface area contributed by atoms with Gasteiger partial charge < -0.3 is 0 Å². The highest BCUT2D eigenvalue weighted by atomic mass is 32.2. The molecule has 1 heterocycles. The van der Waals surface area contributed by atoms with E-state index in [9.17, 15) is 8.42 Å². The van der Waals surface area contributed by atoms with Crippen molar-refractivity contribution in [3.8, 4) is 0 Å². The zero-order chi connectivity index (χ0) is 8.77. The van der Waals surface area contributed by atoms with Crippen molar-refractivity contribution in [1.29, 1.82) is 0 Å². The van der Waals surface area contributed by atoms with Crippen LogP contribution in [0.25, 0.3) is 0 Å². The van der Waals surface area contributed by atoms with Crippen molar-refractivity contribution < 1.29 is 8.42 Å². The van der Waals surface area contributed by atoms with Crippen LogP contribution in [0, 0.1) is 0 Å². The van der Waals surface area contributed by atoms with Crippen LogP contribution in [-0.2, 0) is 10.0 Å². The van der Waals surface area contributed by atoms with Gasteiger partial charge in [0.05, 0.1) is 11.2 Å². The summed E-state index contributed by atoms with van der Waals surface area (Å²) in [6.07, 6.45) is 2.07. The lowest BCUT2D eigenvalue weighted by Crippen LogP contribution is -2.12. The smallest absolute Gasteiger partial charge is 0.248 e. The highest BCUT2D eigenvalue weighted by molar-refractivity contribution is 7.91. The van der Waals surface area contributed by atoms with E-state index in [2.05, 4.69) is 4.98 Å². The van der Waals surface area contributed by atoms with Crippen LogP contribution in [-0.4, -0.2) is 13.4 Å². The molecule has 1 fully saturated rings. The number of rotatable bonds is 2. The molecule has 0 unspecified atom stereocenters. The molecule has 1 saturated carbocycles. The van der Waals surface area contributed by atoms with Crippen LogP contribution >= 0.6 is 11.3 Å². The molecule has 0 bridgehead atoms. The molecule has 1 aliphatic rings. The number of nitrogens with zero attached hydrogens (tertiary/aromatic N) is 1. The van der Waals surface area contributed by atoms with E-state index in [1.54, 1.807) is 0 Å². The second-order valence-corrected chi connectivity index (χ2v) is 5.46. The second kappa shape index (κ2) is 2.51. The van der Waals surface area contributed by atoms with Crippen molar-refractivity contribution in [2.24, 2.45) is 5.14 Å². The zero-order valence-corrected chi connectivity index (χ0v) is 7.86. The fourth-order valence-electron chi connectivity index (χ4n) is 1.09. The molecule has 0 saturated heterocycles. The largest absolute Gasteiger partial charge is 0.249 e. The van der Waals surface area contributed by atoms with E-state index in [0.717, 1.165) is 24.2 Å². The zero-order valence-electron chi connectivity index (χ0n) is 6.23. The number of hydrogen-bond acceptors (Lipinski definition) is 4. The Morgan fingerprint density at radius 2 is 2.25 bits per heavy atom. The Bertz CT molecular complexity index is 391. The van der Waals surface area contributed by atoms with Crippen LogP contribution in [0.15, 0.2) is 9.72 Å². The van der Waals surface area contributed by atoms with Crippen molar-refractivity contribution in [2.75, 3.05) is 0 Å². The van der Waals surface area contributed by atoms with Gasteiger partial charge in [-0.05, 0) is 12.8 Å². The van der Waals surface area contributed by atoms with Gasteiger partial charge in [0.15, 0.2) is 4.21 Å². The van der Waals surface area contributed by atoms with Gasteiger partial charge in [-0.2, -0.15) is 0 Å². The van der Waals surface area contributed by atoms with Crippen molar-refractivity contribution in [3.05, 3.63) is 11.2 Å². The van der Waals surface area contributed by atoms with E-state index < -0.39 is 10.0 Å². The van der Waals surface area contributed by atoms with Gasteiger partial charge in [-0.3, -0.25) is 0 Å². The molecule has 0 radical (unpaired) electrons. The Morgan fingerprint density at radius 3 is 2.75 bits per heavy atom. The Hall–Kier alpha value is -0.460. The van der Waals surface area contributed by atoms with Crippen molar-refractivity contribution >= 4 is 21.4 Å². The standard InChI is InChI=1S/C6H8N2O2S2/c7-12(9,10)6-5(4-1-2-4)8-3-11-6/h3-4H,1-2H2,(H2,7,9,10). The lowest BCUT2D eigenvalue weighted by atomic mass is 10.3. The highest BCUT2D eigenvalue weighted by Gasteiger charge is 2.31. The molecule has 2 N–H and O–H groups in total. The summed E-state index contributed by atoms with van der Waals surface area (Å²) in [5, 5.41) is 5.01. The fourth-order valence-corrected chi connectivity index (χ4v) is 2.86. The van der Waals surface area contributed by atoms with Gasteiger partial charge in [-0.1, -0.05) is 0 Å². The van der Waals surface area contributed by atoms with E-state index in [4.69, 9.17) is 5.14 Å². The fraction of sp³-hybridized carbons (Fsp3) is 0.500. The number of thiazole rings is 1. The first kappa shape index (κ1) is 8.15. The Balaban J connectivity index is 2.49. The van der Waals surface area contributed by atoms with Gasteiger partial charge >= 0.3 is 0 Å². The van der Waals surface area contributed by atoms with Crippen LogP contribution in [0.5, 0.6) is 0 Å². The van der Waals surface area contributed by atoms with E-state index in [1.807, 2.05) is 0 Å². The summed E-state index contributed by atoms with van der Waals surface area (Å²) < 4.78 is 22.2. The Labute approximate surface area is 74.5 Å². The monoisotopic (exact) mass is 204 g/mol. The normalized spacial score (nSPS) is 18.1. The van der Waals surface area contributed by atoms with Crippen LogP contribution in [0.2, 0.25) is 0 Å². The first-order chi connectivity index (χ1) is 5.59. The first-order valence-corrected chi connectivity index (χ1v) is 5.98. The van der Waals surface area contributed by atoms with Gasteiger partial charge in [-0.15, -0.1) is 11.3 Å². The van der Waals surface area contributed by atoms with Crippen LogP contribution in [0.3, 0.4) is 0 Å². The maximum Gasteiger partial charge on any atom is 0.249 e. The molecule has 0 atom stereocenters. The molecule has 1 aliphatic carbocycles. The van der Waals surface area contributed by atoms with Crippen molar-refractivity contribution in [1.82, 2.24) is 4.98 Å². The number of nitrogens with two attached hydrogens (primary N) is 1. The first-order valence-electron chi connectivity index (χ1n) is 3.55. The van der Waals surface area contributed by atoms with Gasteiger partial charge in [0.1, 0.15) is 0 Å². The molecule has 1 aromatic rings. The predicted octanol–water partition coefficient (Wildman–Crippen LogP) is 0.668. The molecule has 66 valence electrons. The lowest BCUT2D eigenvalue weighted by Gasteiger charge is -1.95. The third kappa shape index (κ3) is 1.37. The molecular formula is C6H8N2O2S2. The van der Waals surface area contributed by atoms with E-state index >= 15 is 0 Å². The van der Waals surface area contributed by atoms with Crippen LogP contribution in [0.4, 0.5) is 0 Å². The van der Waals surface area contributed by atoms with Crippen LogP contribution < -0.4 is 5.14 Å². The maximum atomic E-state index is 11.0. The quantitative estimate of drug-likeness (QED) is 0.769. The van der Waals surface area contributed by atoms with Gasteiger partial charge in [0.25, 0.3) is 0 Å². The average Bonchev–Trinajstić information content (AvgIpc) is 2.65. The molecule has 0 aliphatic heterocycles. The number of primary sulfonamides is 1. The average molecular weight is 204 g/mol. The molecule has 12 heavy (non-hydrogen) atoms. The topological polar surface area (TPSA) is 73.1 Å². The van der Waals surface area contributed by atoms with E-state index in [1.165, 1.54) is 5.51 Å². The molecule has 0 aromatic carbocycles. The molecule has 2 rings (SSSR count). The number of aromatic nitrogens is 1. The number of hydrogen-bond donors (Lipinski definition) is 1. The third-order valence-electron chi connectivity index (χ3n) is 1.78. The minimum Gasteiger partial charge on any atom is -0.248 e. The van der Waals surface area contributed by atoms with Gasteiger partial charge in [0, 0.05) is 5.92 Å².